The van der Waals surface area contributed by atoms with Crippen molar-refractivity contribution in [2.24, 2.45) is 12.0 Å². The molecule has 2 aliphatic heterocycles. The van der Waals surface area contributed by atoms with E-state index in [0.717, 1.165) is 64.0 Å². The fourth-order valence-electron chi connectivity index (χ4n) is 4.01. The molecule has 8 nitrogen and oxygen atoms in total. The molecule has 32 heavy (non-hydrogen) atoms. The lowest BCUT2D eigenvalue weighted by Crippen LogP contribution is -2.48. The lowest BCUT2D eigenvalue weighted by Gasteiger charge is -2.34. The van der Waals surface area contributed by atoms with Crippen LogP contribution in [-0.2, 0) is 29.6 Å². The molecular formula is C23H35IN6O2. The van der Waals surface area contributed by atoms with Crippen molar-refractivity contribution in [3.63, 3.8) is 0 Å². The molecule has 176 valence electrons. The van der Waals surface area contributed by atoms with Crippen LogP contribution in [0.4, 0.5) is 0 Å². The molecule has 1 aromatic heterocycles. The van der Waals surface area contributed by atoms with Crippen LogP contribution in [0.3, 0.4) is 0 Å². The van der Waals surface area contributed by atoms with Crippen LogP contribution in [0.5, 0.6) is 0 Å². The summed E-state index contributed by atoms with van der Waals surface area (Å²) in [6.45, 7) is 10.6. The molecule has 2 aromatic rings. The Bertz CT molecular complexity index is 850. The van der Waals surface area contributed by atoms with Gasteiger partial charge in [-0.3, -0.25) is 9.58 Å². The van der Waals surface area contributed by atoms with Gasteiger partial charge in [0.2, 0.25) is 0 Å². The van der Waals surface area contributed by atoms with Crippen LogP contribution >= 0.6 is 24.0 Å². The van der Waals surface area contributed by atoms with Crippen LogP contribution in [0.15, 0.2) is 41.7 Å². The predicted octanol–water partition coefficient (Wildman–Crippen LogP) is 2.41. The van der Waals surface area contributed by atoms with Gasteiger partial charge in [-0.1, -0.05) is 24.3 Å². The number of morpholine rings is 2. The number of aromatic nitrogens is 2. The third-order valence-electron chi connectivity index (χ3n) is 5.74. The highest BCUT2D eigenvalue weighted by Crippen LogP contribution is 2.21. The number of rotatable bonds is 6. The molecule has 3 heterocycles. The van der Waals surface area contributed by atoms with Gasteiger partial charge < -0.3 is 19.7 Å². The summed E-state index contributed by atoms with van der Waals surface area (Å²) in [5, 5.41) is 7.73. The van der Waals surface area contributed by atoms with E-state index in [1.807, 2.05) is 24.1 Å². The first-order valence-electron chi connectivity index (χ1n) is 11.2. The molecule has 2 saturated heterocycles. The molecule has 0 saturated carbocycles. The van der Waals surface area contributed by atoms with Crippen molar-refractivity contribution in [3.05, 3.63) is 53.3 Å². The molecule has 1 unspecified atom stereocenters. The third-order valence-corrected chi connectivity index (χ3v) is 5.74. The highest BCUT2D eigenvalue weighted by molar-refractivity contribution is 14.0. The average molecular weight is 554 g/mol. The molecule has 0 spiro atoms. The van der Waals surface area contributed by atoms with E-state index in [2.05, 4.69) is 51.4 Å². The summed E-state index contributed by atoms with van der Waals surface area (Å²) in [7, 11) is 1.93. The number of halogens is 1. The van der Waals surface area contributed by atoms with Crippen LogP contribution < -0.4 is 5.32 Å². The number of benzene rings is 1. The molecule has 1 N–H and O–H groups in total. The molecule has 2 aliphatic rings. The summed E-state index contributed by atoms with van der Waals surface area (Å²) in [5.74, 6) is 0.942. The number of nitrogens with one attached hydrogen (secondary N) is 1. The SMILES string of the molecule is CCNC(=NCc1ccc(CN2CCOCC2)cc1)N1CCOC(c2cnn(C)c2)C1.I. The number of ether oxygens (including phenoxy) is 2. The number of aliphatic imine (C=N–C) groups is 1. The van der Waals surface area contributed by atoms with Gasteiger partial charge in [-0.05, 0) is 18.1 Å². The molecule has 2 fully saturated rings. The summed E-state index contributed by atoms with van der Waals surface area (Å²) in [5.41, 5.74) is 3.67. The maximum Gasteiger partial charge on any atom is 0.194 e. The van der Waals surface area contributed by atoms with E-state index in [9.17, 15) is 0 Å². The fraction of sp³-hybridized carbons (Fsp3) is 0.565. The first kappa shape index (κ1) is 24.9. The zero-order chi connectivity index (χ0) is 21.5. The first-order chi connectivity index (χ1) is 15.2. The van der Waals surface area contributed by atoms with Crippen molar-refractivity contribution in [1.82, 2.24) is 24.9 Å². The van der Waals surface area contributed by atoms with Crippen LogP contribution in [-0.4, -0.2) is 78.1 Å². The van der Waals surface area contributed by atoms with Gasteiger partial charge in [0, 0.05) is 51.5 Å². The van der Waals surface area contributed by atoms with Crippen LogP contribution in [0.25, 0.3) is 0 Å². The smallest absolute Gasteiger partial charge is 0.194 e. The van der Waals surface area contributed by atoms with E-state index in [-0.39, 0.29) is 30.1 Å². The van der Waals surface area contributed by atoms with Crippen molar-refractivity contribution in [1.29, 1.82) is 0 Å². The second kappa shape index (κ2) is 12.5. The Balaban J connectivity index is 0.00000289. The van der Waals surface area contributed by atoms with E-state index in [1.165, 1.54) is 11.1 Å². The molecule has 0 radical (unpaired) electrons. The Morgan fingerprint density at radius 1 is 1.12 bits per heavy atom. The first-order valence-corrected chi connectivity index (χ1v) is 11.2. The highest BCUT2D eigenvalue weighted by atomic mass is 127. The average Bonchev–Trinajstić information content (AvgIpc) is 3.25. The molecule has 0 aliphatic carbocycles. The van der Waals surface area contributed by atoms with Gasteiger partial charge in [0.05, 0.1) is 39.1 Å². The van der Waals surface area contributed by atoms with Gasteiger partial charge in [-0.2, -0.15) is 5.10 Å². The van der Waals surface area contributed by atoms with Crippen molar-refractivity contribution in [2.75, 3.05) is 52.5 Å². The molecule has 1 aromatic carbocycles. The second-order valence-corrected chi connectivity index (χ2v) is 8.13. The molecule has 1 atom stereocenters. The van der Waals surface area contributed by atoms with Gasteiger partial charge in [-0.25, -0.2) is 4.99 Å². The van der Waals surface area contributed by atoms with E-state index in [0.29, 0.717) is 13.2 Å². The predicted molar refractivity (Wildman–Crippen MR) is 136 cm³/mol. The minimum Gasteiger partial charge on any atom is -0.379 e. The molecule has 0 bridgehead atoms. The quantitative estimate of drug-likeness (QED) is 0.336. The molecule has 0 amide bonds. The van der Waals surface area contributed by atoms with Crippen molar-refractivity contribution < 1.29 is 9.47 Å². The zero-order valence-corrected chi connectivity index (χ0v) is 21.4. The minimum absolute atomic E-state index is 0. The summed E-state index contributed by atoms with van der Waals surface area (Å²) in [6.07, 6.45) is 3.93. The van der Waals surface area contributed by atoms with Gasteiger partial charge in [0.1, 0.15) is 6.10 Å². The summed E-state index contributed by atoms with van der Waals surface area (Å²) in [4.78, 5) is 9.64. The van der Waals surface area contributed by atoms with Crippen LogP contribution in [0, 0.1) is 0 Å². The van der Waals surface area contributed by atoms with Crippen molar-refractivity contribution in [2.45, 2.75) is 26.1 Å². The third kappa shape index (κ3) is 6.90. The van der Waals surface area contributed by atoms with E-state index in [4.69, 9.17) is 14.5 Å². The Morgan fingerprint density at radius 2 is 1.88 bits per heavy atom. The number of nitrogens with zero attached hydrogens (tertiary/aromatic N) is 5. The Labute approximate surface area is 208 Å². The van der Waals surface area contributed by atoms with Gasteiger partial charge >= 0.3 is 0 Å². The molecular weight excluding hydrogens is 519 g/mol. The van der Waals surface area contributed by atoms with E-state index >= 15 is 0 Å². The highest BCUT2D eigenvalue weighted by Gasteiger charge is 2.25. The maximum absolute atomic E-state index is 5.98. The zero-order valence-electron chi connectivity index (χ0n) is 19.1. The number of hydrogen-bond donors (Lipinski definition) is 1. The standard InChI is InChI=1S/C23H34N6O2.HI/c1-3-24-23(29-10-13-31-22(18-29)21-15-26-27(2)17-21)25-14-19-4-6-20(7-5-19)16-28-8-11-30-12-9-28;/h4-7,15,17,22H,3,8-14,16,18H2,1-2H3,(H,24,25);1H. The lowest BCUT2D eigenvalue weighted by atomic mass is 10.1. The van der Waals surface area contributed by atoms with E-state index < -0.39 is 0 Å². The number of guanidine groups is 1. The number of aryl methyl sites for hydroxylation is 1. The topological polar surface area (TPSA) is 67.2 Å². The Morgan fingerprint density at radius 3 is 2.56 bits per heavy atom. The summed E-state index contributed by atoms with van der Waals surface area (Å²) in [6, 6.07) is 8.84. The monoisotopic (exact) mass is 554 g/mol. The second-order valence-electron chi connectivity index (χ2n) is 8.13. The van der Waals surface area contributed by atoms with Crippen molar-refractivity contribution in [3.8, 4) is 0 Å². The minimum atomic E-state index is 0. The summed E-state index contributed by atoms with van der Waals surface area (Å²) < 4.78 is 13.2. The molecule has 9 heteroatoms. The van der Waals surface area contributed by atoms with Gasteiger partial charge in [0.15, 0.2) is 5.96 Å². The van der Waals surface area contributed by atoms with Crippen LogP contribution in [0.1, 0.15) is 29.7 Å². The Kier molecular flexibility index (Phi) is 9.76. The van der Waals surface area contributed by atoms with Gasteiger partial charge in [-0.15, -0.1) is 24.0 Å². The lowest BCUT2D eigenvalue weighted by molar-refractivity contribution is -0.00805. The van der Waals surface area contributed by atoms with Gasteiger partial charge in [0.25, 0.3) is 0 Å². The normalized spacial score (nSPS) is 20.1. The summed E-state index contributed by atoms with van der Waals surface area (Å²) >= 11 is 0. The largest absolute Gasteiger partial charge is 0.379 e. The fourth-order valence-corrected chi connectivity index (χ4v) is 4.01. The maximum atomic E-state index is 5.98. The number of hydrogen-bond acceptors (Lipinski definition) is 5. The van der Waals surface area contributed by atoms with Crippen molar-refractivity contribution >= 4 is 29.9 Å². The van der Waals surface area contributed by atoms with Crippen LogP contribution in [0.2, 0.25) is 0 Å². The Hall–Kier alpha value is -1.69. The van der Waals surface area contributed by atoms with E-state index in [1.54, 1.807) is 0 Å². The molecule has 4 rings (SSSR count).